The molecule has 1 atom stereocenters. The number of aromatic nitrogens is 3. The minimum atomic E-state index is -1.55. The molecule has 0 bridgehead atoms. The number of amides is 3. The van der Waals surface area contributed by atoms with Crippen molar-refractivity contribution in [2.45, 2.75) is 12.1 Å². The Kier molecular flexibility index (Phi) is 4.08. The van der Waals surface area contributed by atoms with Crippen LogP contribution in [0.3, 0.4) is 0 Å². The quantitative estimate of drug-likeness (QED) is 0.301. The summed E-state index contributed by atoms with van der Waals surface area (Å²) in [6.45, 7) is -0.0767. The molecule has 4 N–H and O–H groups in total. The summed E-state index contributed by atoms with van der Waals surface area (Å²) in [6.07, 6.45) is 3.28. The lowest BCUT2D eigenvalue weighted by Crippen LogP contribution is -2.49. The number of aromatic amines is 1. The Labute approximate surface area is 176 Å². The summed E-state index contributed by atoms with van der Waals surface area (Å²) in [7, 11) is 1.54. The Bertz CT molecular complexity index is 1420. The second-order valence-corrected chi connectivity index (χ2v) is 7.23. The number of rotatable bonds is 3. The summed E-state index contributed by atoms with van der Waals surface area (Å²) in [5.41, 5.74) is 0.712. The maximum atomic E-state index is 12.7. The van der Waals surface area contributed by atoms with Crippen molar-refractivity contribution < 1.29 is 19.4 Å². The number of methoxy groups -OCH3 is 1. The molecule has 2 aromatic heterocycles. The second kappa shape index (κ2) is 6.81. The standard InChI is InChI=1S/C22H17N5O4/c1-31-15-4-3-14-10-27(19(28)16(14)9-15)11-22(20(29)25-21(30)26-22)7-6-13-2-5-17-18(8-13)24-12-23-17/h2-5,8-10,12,28H,11H2,1H3,(H,23,24)(H2,25,26,29,30)/t22-/m1/s1. The summed E-state index contributed by atoms with van der Waals surface area (Å²) in [6, 6.07) is 10.0. The van der Waals surface area contributed by atoms with E-state index in [4.69, 9.17) is 4.74 Å². The van der Waals surface area contributed by atoms with E-state index >= 15 is 0 Å². The van der Waals surface area contributed by atoms with E-state index in [0.717, 1.165) is 16.4 Å². The molecular weight excluding hydrogens is 398 g/mol. The number of aromatic hydroxyl groups is 1. The van der Waals surface area contributed by atoms with Gasteiger partial charge in [-0.15, -0.1) is 0 Å². The van der Waals surface area contributed by atoms with E-state index in [1.807, 2.05) is 12.1 Å². The van der Waals surface area contributed by atoms with Crippen LogP contribution in [-0.2, 0) is 11.3 Å². The molecule has 9 nitrogen and oxygen atoms in total. The highest BCUT2D eigenvalue weighted by Gasteiger charge is 2.46. The van der Waals surface area contributed by atoms with E-state index < -0.39 is 17.5 Å². The van der Waals surface area contributed by atoms with Gasteiger partial charge >= 0.3 is 6.03 Å². The third-order valence-corrected chi connectivity index (χ3v) is 5.26. The molecule has 2 aromatic carbocycles. The van der Waals surface area contributed by atoms with Crippen molar-refractivity contribution in [3.63, 3.8) is 0 Å². The highest BCUT2D eigenvalue weighted by molar-refractivity contribution is 6.09. The van der Waals surface area contributed by atoms with Gasteiger partial charge in [-0.05, 0) is 36.4 Å². The van der Waals surface area contributed by atoms with E-state index in [1.165, 1.54) is 4.57 Å². The van der Waals surface area contributed by atoms with Gasteiger partial charge in [-0.25, -0.2) is 9.78 Å². The molecule has 0 radical (unpaired) electrons. The Hall–Kier alpha value is -4.45. The molecular formula is C22H17N5O4. The Morgan fingerprint density at radius 1 is 1.23 bits per heavy atom. The number of benzene rings is 2. The minimum absolute atomic E-state index is 0.0529. The molecule has 1 aliphatic heterocycles. The van der Waals surface area contributed by atoms with Crippen LogP contribution >= 0.6 is 0 Å². The number of carbonyl (C=O) groups is 2. The SMILES string of the molecule is COc1ccc2cn(C[C@@]3(C#Cc4ccc5nc[nH]c5c4)NC(=O)NC3=O)c(O)c2c1. The molecule has 3 amide bonds. The van der Waals surface area contributed by atoms with Gasteiger partial charge in [0.1, 0.15) is 5.75 Å². The number of imidazole rings is 1. The van der Waals surface area contributed by atoms with Gasteiger partial charge in [-0.3, -0.25) is 10.1 Å². The predicted octanol–water partition coefficient (Wildman–Crippen LogP) is 1.86. The lowest BCUT2D eigenvalue weighted by atomic mass is 9.99. The van der Waals surface area contributed by atoms with Crippen LogP contribution in [0.2, 0.25) is 0 Å². The van der Waals surface area contributed by atoms with Gasteiger partial charge in [0.25, 0.3) is 5.91 Å². The van der Waals surface area contributed by atoms with Crippen LogP contribution in [0, 0.1) is 11.8 Å². The first kappa shape index (κ1) is 18.6. The largest absolute Gasteiger partial charge is 0.497 e. The predicted molar refractivity (Wildman–Crippen MR) is 113 cm³/mol. The van der Waals surface area contributed by atoms with Crippen molar-refractivity contribution in [1.29, 1.82) is 0 Å². The maximum absolute atomic E-state index is 12.7. The summed E-state index contributed by atoms with van der Waals surface area (Å²) >= 11 is 0. The molecule has 154 valence electrons. The summed E-state index contributed by atoms with van der Waals surface area (Å²) in [4.78, 5) is 31.8. The highest BCUT2D eigenvalue weighted by Crippen LogP contribution is 2.32. The zero-order chi connectivity index (χ0) is 21.6. The number of hydrogen-bond acceptors (Lipinski definition) is 5. The third-order valence-electron chi connectivity index (χ3n) is 5.26. The normalized spacial score (nSPS) is 18.0. The number of nitrogens with zero attached hydrogens (tertiary/aromatic N) is 2. The summed E-state index contributed by atoms with van der Waals surface area (Å²) < 4.78 is 6.70. The smallest absolute Gasteiger partial charge is 0.323 e. The molecule has 9 heteroatoms. The van der Waals surface area contributed by atoms with Crippen LogP contribution in [0.1, 0.15) is 5.56 Å². The van der Waals surface area contributed by atoms with Crippen LogP contribution in [0.15, 0.2) is 48.9 Å². The fraction of sp³-hybridized carbons (Fsp3) is 0.136. The second-order valence-electron chi connectivity index (χ2n) is 7.23. The maximum Gasteiger partial charge on any atom is 0.323 e. The fourth-order valence-electron chi connectivity index (χ4n) is 3.65. The molecule has 1 fully saturated rings. The molecule has 0 saturated carbocycles. The molecule has 5 rings (SSSR count). The highest BCUT2D eigenvalue weighted by atomic mass is 16.5. The van der Waals surface area contributed by atoms with Crippen molar-refractivity contribution in [1.82, 2.24) is 25.2 Å². The number of urea groups is 1. The van der Waals surface area contributed by atoms with Gasteiger partial charge in [0.15, 0.2) is 5.88 Å². The number of imide groups is 1. The van der Waals surface area contributed by atoms with Crippen molar-refractivity contribution >= 4 is 33.7 Å². The minimum Gasteiger partial charge on any atom is -0.497 e. The molecule has 31 heavy (non-hydrogen) atoms. The topological polar surface area (TPSA) is 121 Å². The van der Waals surface area contributed by atoms with Crippen molar-refractivity contribution in [3.05, 3.63) is 54.5 Å². The van der Waals surface area contributed by atoms with Gasteiger partial charge in [0.2, 0.25) is 5.54 Å². The van der Waals surface area contributed by atoms with Gasteiger partial charge in [-0.1, -0.05) is 11.8 Å². The Morgan fingerprint density at radius 3 is 2.87 bits per heavy atom. The van der Waals surface area contributed by atoms with E-state index in [0.29, 0.717) is 16.7 Å². The van der Waals surface area contributed by atoms with Crippen LogP contribution in [0.25, 0.3) is 21.8 Å². The number of fused-ring (bicyclic) bond motifs is 2. The van der Waals surface area contributed by atoms with Gasteiger partial charge in [-0.2, -0.15) is 0 Å². The van der Waals surface area contributed by atoms with E-state index in [-0.39, 0.29) is 12.4 Å². The van der Waals surface area contributed by atoms with E-state index in [2.05, 4.69) is 32.4 Å². The van der Waals surface area contributed by atoms with E-state index in [1.54, 1.807) is 43.9 Å². The number of ether oxygens (including phenoxy) is 1. The summed E-state index contributed by atoms with van der Waals surface area (Å²) in [5.74, 6) is 5.83. The van der Waals surface area contributed by atoms with Crippen LogP contribution < -0.4 is 15.4 Å². The lowest BCUT2D eigenvalue weighted by Gasteiger charge is -2.20. The fourth-order valence-corrected chi connectivity index (χ4v) is 3.65. The van der Waals surface area contributed by atoms with Gasteiger partial charge in [0.05, 0.1) is 31.0 Å². The van der Waals surface area contributed by atoms with Gasteiger partial charge in [0, 0.05) is 22.5 Å². The third kappa shape index (κ3) is 3.11. The average molecular weight is 415 g/mol. The lowest BCUT2D eigenvalue weighted by molar-refractivity contribution is -0.122. The molecule has 1 saturated heterocycles. The van der Waals surface area contributed by atoms with Crippen LogP contribution in [0.4, 0.5) is 4.79 Å². The van der Waals surface area contributed by atoms with Gasteiger partial charge < -0.3 is 24.7 Å². The average Bonchev–Trinajstić information content (AvgIpc) is 3.43. The molecule has 1 aliphatic rings. The number of carbonyl (C=O) groups excluding carboxylic acids is 2. The summed E-state index contributed by atoms with van der Waals surface area (Å²) in [5, 5.41) is 16.9. The zero-order valence-electron chi connectivity index (χ0n) is 16.4. The van der Waals surface area contributed by atoms with Crippen molar-refractivity contribution in [2.24, 2.45) is 0 Å². The Balaban J connectivity index is 1.56. The molecule has 0 unspecified atom stereocenters. The number of H-pyrrole nitrogens is 1. The molecule has 0 spiro atoms. The number of nitrogens with one attached hydrogen (secondary N) is 3. The van der Waals surface area contributed by atoms with Crippen molar-refractivity contribution in [2.75, 3.05) is 7.11 Å². The first-order valence-electron chi connectivity index (χ1n) is 9.43. The molecule has 4 aromatic rings. The molecule has 0 aliphatic carbocycles. The van der Waals surface area contributed by atoms with Crippen molar-refractivity contribution in [3.8, 4) is 23.5 Å². The van der Waals surface area contributed by atoms with E-state index in [9.17, 15) is 14.7 Å². The first-order valence-corrected chi connectivity index (χ1v) is 9.43. The molecule has 3 heterocycles. The Morgan fingerprint density at radius 2 is 2.10 bits per heavy atom. The zero-order valence-corrected chi connectivity index (χ0v) is 16.4. The monoisotopic (exact) mass is 415 g/mol. The number of hydrogen-bond donors (Lipinski definition) is 4. The first-order chi connectivity index (χ1) is 15.0. The van der Waals surface area contributed by atoms with Crippen LogP contribution in [0.5, 0.6) is 11.6 Å². The van der Waals surface area contributed by atoms with Crippen LogP contribution in [-0.4, -0.2) is 44.2 Å².